The number of esters is 3. The van der Waals surface area contributed by atoms with Crippen molar-refractivity contribution in [2.24, 2.45) is 0 Å². The lowest BCUT2D eigenvalue weighted by atomic mass is 9.96. The molecule has 0 unspecified atom stereocenters. The van der Waals surface area contributed by atoms with Gasteiger partial charge in [-0.3, -0.25) is 9.59 Å². The highest BCUT2D eigenvalue weighted by Gasteiger charge is 2.52. The Morgan fingerprint density at radius 2 is 1.68 bits per heavy atom. The van der Waals surface area contributed by atoms with Crippen molar-refractivity contribution >= 4 is 51.8 Å². The number of methoxy groups -OCH3 is 2. The molecule has 8 nitrogen and oxygen atoms in total. The third kappa shape index (κ3) is 4.57. The molecule has 31 heavy (non-hydrogen) atoms. The molecule has 1 aliphatic carbocycles. The first-order chi connectivity index (χ1) is 14.7. The SMILES string of the molecule is COC(=O)c1sc(NC(=O)COC(=O)C2(c3ccc(Cl)cc3)CC2)c(C(=O)OC)c1C. The van der Waals surface area contributed by atoms with Gasteiger partial charge in [-0.15, -0.1) is 11.3 Å². The van der Waals surface area contributed by atoms with E-state index in [9.17, 15) is 19.2 Å². The lowest BCUT2D eigenvalue weighted by Crippen LogP contribution is -2.28. The van der Waals surface area contributed by atoms with Gasteiger partial charge < -0.3 is 19.5 Å². The van der Waals surface area contributed by atoms with Gasteiger partial charge in [-0.25, -0.2) is 9.59 Å². The van der Waals surface area contributed by atoms with Crippen molar-refractivity contribution in [3.63, 3.8) is 0 Å². The number of halogens is 1. The fourth-order valence-corrected chi connectivity index (χ4v) is 4.43. The molecule has 0 aliphatic heterocycles. The van der Waals surface area contributed by atoms with Crippen LogP contribution >= 0.6 is 22.9 Å². The number of thiophene rings is 1. The molecular formula is C21H20ClNO7S. The predicted molar refractivity (Wildman–Crippen MR) is 114 cm³/mol. The number of rotatable bonds is 7. The van der Waals surface area contributed by atoms with Crippen LogP contribution in [0, 0.1) is 6.92 Å². The number of hydrogen-bond acceptors (Lipinski definition) is 8. The first-order valence-electron chi connectivity index (χ1n) is 9.26. The number of benzene rings is 1. The molecule has 1 heterocycles. The molecule has 1 aromatic carbocycles. The first-order valence-corrected chi connectivity index (χ1v) is 10.5. The van der Waals surface area contributed by atoms with Gasteiger partial charge in [-0.1, -0.05) is 23.7 Å². The molecule has 10 heteroatoms. The van der Waals surface area contributed by atoms with Gasteiger partial charge >= 0.3 is 17.9 Å². The Bertz CT molecular complexity index is 1040. The second-order valence-corrected chi connectivity index (χ2v) is 8.41. The number of ether oxygens (including phenoxy) is 3. The van der Waals surface area contributed by atoms with E-state index >= 15 is 0 Å². The summed E-state index contributed by atoms with van der Waals surface area (Å²) in [5, 5.41) is 3.19. The molecule has 1 aliphatic rings. The van der Waals surface area contributed by atoms with Crippen LogP contribution in [0.2, 0.25) is 5.02 Å². The van der Waals surface area contributed by atoms with Gasteiger partial charge in [0.15, 0.2) is 6.61 Å². The monoisotopic (exact) mass is 465 g/mol. The number of carbonyl (C=O) groups is 4. The summed E-state index contributed by atoms with van der Waals surface area (Å²) in [6.07, 6.45) is 1.24. The number of hydrogen-bond donors (Lipinski definition) is 1. The van der Waals surface area contributed by atoms with E-state index in [0.717, 1.165) is 16.9 Å². The summed E-state index contributed by atoms with van der Waals surface area (Å²) in [4.78, 5) is 49.2. The van der Waals surface area contributed by atoms with Crippen LogP contribution in [0.4, 0.5) is 5.00 Å². The van der Waals surface area contributed by atoms with E-state index < -0.39 is 35.8 Å². The highest BCUT2D eigenvalue weighted by Crippen LogP contribution is 2.49. The number of nitrogens with one attached hydrogen (secondary N) is 1. The summed E-state index contributed by atoms with van der Waals surface area (Å²) < 4.78 is 14.7. The van der Waals surface area contributed by atoms with E-state index in [4.69, 9.17) is 25.8 Å². The summed E-state index contributed by atoms with van der Waals surface area (Å²) in [5.41, 5.74) is 0.398. The molecule has 1 aromatic heterocycles. The molecule has 1 saturated carbocycles. The van der Waals surface area contributed by atoms with Gasteiger partial charge in [0.1, 0.15) is 9.88 Å². The predicted octanol–water partition coefficient (Wildman–Crippen LogP) is 3.50. The van der Waals surface area contributed by atoms with E-state index in [1.807, 2.05) is 0 Å². The maximum Gasteiger partial charge on any atom is 0.348 e. The Morgan fingerprint density at radius 3 is 2.23 bits per heavy atom. The molecule has 1 fully saturated rings. The highest BCUT2D eigenvalue weighted by molar-refractivity contribution is 7.18. The Kier molecular flexibility index (Phi) is 6.66. The molecule has 2 aromatic rings. The highest BCUT2D eigenvalue weighted by atomic mass is 35.5. The van der Waals surface area contributed by atoms with Gasteiger partial charge in [0.25, 0.3) is 5.91 Å². The lowest BCUT2D eigenvalue weighted by molar-refractivity contribution is -0.150. The topological polar surface area (TPSA) is 108 Å². The van der Waals surface area contributed by atoms with E-state index in [2.05, 4.69) is 5.32 Å². The second-order valence-electron chi connectivity index (χ2n) is 6.96. The van der Waals surface area contributed by atoms with Crippen molar-refractivity contribution < 1.29 is 33.4 Å². The van der Waals surface area contributed by atoms with E-state index in [-0.39, 0.29) is 15.4 Å². The summed E-state index contributed by atoms with van der Waals surface area (Å²) in [6, 6.07) is 6.93. The molecule has 0 atom stereocenters. The van der Waals surface area contributed by atoms with Crippen molar-refractivity contribution in [2.45, 2.75) is 25.2 Å². The van der Waals surface area contributed by atoms with Crippen LogP contribution < -0.4 is 5.32 Å². The Labute approximate surface area is 187 Å². The molecule has 1 amide bonds. The van der Waals surface area contributed by atoms with Crippen LogP contribution in [-0.2, 0) is 29.2 Å². The quantitative estimate of drug-likeness (QED) is 0.492. The smallest absolute Gasteiger partial charge is 0.348 e. The van der Waals surface area contributed by atoms with Crippen LogP contribution in [0.3, 0.4) is 0 Å². The average Bonchev–Trinajstić information content (AvgIpc) is 3.51. The maximum absolute atomic E-state index is 12.6. The van der Waals surface area contributed by atoms with Gasteiger partial charge in [0, 0.05) is 5.02 Å². The van der Waals surface area contributed by atoms with Gasteiger partial charge in [0.05, 0.1) is 25.2 Å². The summed E-state index contributed by atoms with van der Waals surface area (Å²) in [7, 11) is 2.40. The van der Waals surface area contributed by atoms with Crippen LogP contribution in [0.15, 0.2) is 24.3 Å². The zero-order valence-corrected chi connectivity index (χ0v) is 18.6. The standard InChI is InChI=1S/C21H20ClNO7S/c1-11-15(18(25)28-2)17(31-16(11)19(26)29-3)23-14(24)10-30-20(27)21(8-9-21)12-4-6-13(22)7-5-12/h4-7H,8-10H2,1-3H3,(H,23,24). The normalized spacial score (nSPS) is 13.8. The van der Waals surface area contributed by atoms with E-state index in [1.54, 1.807) is 31.2 Å². The minimum absolute atomic E-state index is 0.0485. The van der Waals surface area contributed by atoms with Crippen LogP contribution in [0.5, 0.6) is 0 Å². The summed E-state index contributed by atoms with van der Waals surface area (Å²) in [6.45, 7) is 1.01. The Morgan fingerprint density at radius 1 is 1.06 bits per heavy atom. The zero-order valence-electron chi connectivity index (χ0n) is 17.1. The fraction of sp³-hybridized carbons (Fsp3) is 0.333. The summed E-state index contributed by atoms with van der Waals surface area (Å²) >= 11 is 6.78. The minimum atomic E-state index is -0.764. The fourth-order valence-electron chi connectivity index (χ4n) is 3.17. The Balaban J connectivity index is 1.70. The van der Waals surface area contributed by atoms with E-state index in [1.165, 1.54) is 14.2 Å². The maximum atomic E-state index is 12.6. The largest absolute Gasteiger partial charge is 0.465 e. The van der Waals surface area contributed by atoms with Crippen molar-refractivity contribution in [3.05, 3.63) is 50.9 Å². The molecule has 1 N–H and O–H groups in total. The number of carbonyl (C=O) groups excluding carboxylic acids is 4. The van der Waals surface area contributed by atoms with Crippen molar-refractivity contribution in [1.29, 1.82) is 0 Å². The first kappa shape index (κ1) is 22.8. The zero-order chi connectivity index (χ0) is 22.8. The Hall–Kier alpha value is -2.91. The lowest BCUT2D eigenvalue weighted by Gasteiger charge is -2.15. The molecule has 164 valence electrons. The van der Waals surface area contributed by atoms with Crippen LogP contribution in [-0.4, -0.2) is 44.6 Å². The molecule has 0 saturated heterocycles. The third-order valence-corrected chi connectivity index (χ3v) is 6.47. The average molecular weight is 466 g/mol. The summed E-state index contributed by atoms with van der Waals surface area (Å²) in [5.74, 6) is -2.51. The van der Waals surface area contributed by atoms with Crippen LogP contribution in [0.1, 0.15) is 44.0 Å². The number of anilines is 1. The van der Waals surface area contributed by atoms with Gasteiger partial charge in [0.2, 0.25) is 0 Å². The minimum Gasteiger partial charge on any atom is -0.465 e. The molecule has 0 spiro atoms. The van der Waals surface area contributed by atoms with E-state index in [0.29, 0.717) is 23.4 Å². The molecular weight excluding hydrogens is 446 g/mol. The van der Waals surface area contributed by atoms with Gasteiger partial charge in [-0.05, 0) is 43.0 Å². The van der Waals surface area contributed by atoms with Crippen molar-refractivity contribution in [2.75, 3.05) is 26.1 Å². The van der Waals surface area contributed by atoms with Gasteiger partial charge in [-0.2, -0.15) is 0 Å². The second kappa shape index (κ2) is 9.07. The third-order valence-electron chi connectivity index (χ3n) is 5.03. The molecule has 0 bridgehead atoms. The van der Waals surface area contributed by atoms with Crippen LogP contribution in [0.25, 0.3) is 0 Å². The number of amides is 1. The molecule has 0 radical (unpaired) electrons. The van der Waals surface area contributed by atoms with Crippen molar-refractivity contribution in [1.82, 2.24) is 0 Å². The molecule has 3 rings (SSSR count). The van der Waals surface area contributed by atoms with Crippen molar-refractivity contribution in [3.8, 4) is 0 Å².